The zero-order valence-corrected chi connectivity index (χ0v) is 11.9. The summed E-state index contributed by atoms with van der Waals surface area (Å²) in [5.74, 6) is 0.788. The quantitative estimate of drug-likeness (QED) is 0.726. The fourth-order valence-corrected chi connectivity index (χ4v) is 2.66. The van der Waals surface area contributed by atoms with Gasteiger partial charge in [0, 0.05) is 13.5 Å². The van der Waals surface area contributed by atoms with Crippen molar-refractivity contribution in [2.45, 2.75) is 71.8 Å². The summed E-state index contributed by atoms with van der Waals surface area (Å²) in [6, 6.07) is 0. The summed E-state index contributed by atoms with van der Waals surface area (Å²) in [6.45, 7) is 6.55. The van der Waals surface area contributed by atoms with Crippen LogP contribution in [0, 0.1) is 11.3 Å². The van der Waals surface area contributed by atoms with E-state index in [1.165, 1.54) is 32.1 Å². The molecule has 2 heteroatoms. The van der Waals surface area contributed by atoms with Crippen molar-refractivity contribution in [3.05, 3.63) is 0 Å². The summed E-state index contributed by atoms with van der Waals surface area (Å²) in [5.41, 5.74) is 0.237. The van der Waals surface area contributed by atoms with E-state index in [4.69, 9.17) is 4.74 Å². The van der Waals surface area contributed by atoms with Gasteiger partial charge in [-0.1, -0.05) is 40.0 Å². The second-order valence-corrected chi connectivity index (χ2v) is 6.58. The van der Waals surface area contributed by atoms with Gasteiger partial charge in [-0.15, -0.1) is 0 Å². The highest BCUT2D eigenvalue weighted by molar-refractivity contribution is 5.83. The molecule has 0 heterocycles. The molecule has 100 valence electrons. The third-order valence-electron chi connectivity index (χ3n) is 3.77. The average molecular weight is 240 g/mol. The Morgan fingerprint density at radius 3 is 2.29 bits per heavy atom. The first kappa shape index (κ1) is 14.7. The smallest absolute Gasteiger partial charge is 0.161 e. The lowest BCUT2D eigenvalue weighted by molar-refractivity contribution is -0.133. The summed E-state index contributed by atoms with van der Waals surface area (Å²) in [4.78, 5) is 12.2. The molecule has 1 fully saturated rings. The normalized spacial score (nSPS) is 20.2. The Labute approximate surface area is 106 Å². The van der Waals surface area contributed by atoms with Crippen LogP contribution in [0.15, 0.2) is 0 Å². The molecule has 0 amide bonds. The predicted molar refractivity (Wildman–Crippen MR) is 71.1 cm³/mol. The number of methoxy groups -OCH3 is 1. The second kappa shape index (κ2) is 6.53. The number of hydrogen-bond donors (Lipinski definition) is 0. The first-order valence-corrected chi connectivity index (χ1v) is 6.99. The van der Waals surface area contributed by atoms with Crippen molar-refractivity contribution in [2.24, 2.45) is 11.3 Å². The molecule has 2 nitrogen and oxygen atoms in total. The van der Waals surface area contributed by atoms with Gasteiger partial charge in [0.1, 0.15) is 6.10 Å². The summed E-state index contributed by atoms with van der Waals surface area (Å²) < 4.78 is 5.47. The van der Waals surface area contributed by atoms with Crippen LogP contribution in [0.2, 0.25) is 0 Å². The first-order chi connectivity index (χ1) is 7.94. The third-order valence-corrected chi connectivity index (χ3v) is 3.77. The van der Waals surface area contributed by atoms with Crippen molar-refractivity contribution in [3.8, 4) is 0 Å². The van der Waals surface area contributed by atoms with E-state index in [0.717, 1.165) is 6.42 Å². The highest BCUT2D eigenvalue weighted by atomic mass is 16.5. The molecule has 0 N–H and O–H groups in total. The number of hydrogen-bond acceptors (Lipinski definition) is 2. The van der Waals surface area contributed by atoms with Gasteiger partial charge in [0.2, 0.25) is 0 Å². The molecule has 0 aromatic rings. The Hall–Kier alpha value is -0.370. The monoisotopic (exact) mass is 240 g/mol. The van der Waals surface area contributed by atoms with Crippen molar-refractivity contribution in [1.82, 2.24) is 0 Å². The van der Waals surface area contributed by atoms with Crippen LogP contribution in [-0.4, -0.2) is 19.0 Å². The van der Waals surface area contributed by atoms with Crippen molar-refractivity contribution < 1.29 is 9.53 Å². The van der Waals surface area contributed by atoms with Crippen LogP contribution >= 0.6 is 0 Å². The van der Waals surface area contributed by atoms with Crippen LogP contribution in [-0.2, 0) is 9.53 Å². The summed E-state index contributed by atoms with van der Waals surface area (Å²) in [7, 11) is 1.69. The molecule has 0 spiro atoms. The van der Waals surface area contributed by atoms with Crippen molar-refractivity contribution in [1.29, 1.82) is 0 Å². The molecule has 0 saturated heterocycles. The molecule has 1 saturated carbocycles. The van der Waals surface area contributed by atoms with E-state index in [-0.39, 0.29) is 11.5 Å². The van der Waals surface area contributed by atoms with Gasteiger partial charge in [-0.05, 0) is 30.6 Å². The molecular formula is C15H28O2. The van der Waals surface area contributed by atoms with Crippen molar-refractivity contribution >= 4 is 5.78 Å². The molecule has 0 aromatic carbocycles. The van der Waals surface area contributed by atoms with E-state index >= 15 is 0 Å². The molecule has 1 atom stereocenters. The minimum atomic E-state index is -0.141. The topological polar surface area (TPSA) is 26.3 Å². The minimum absolute atomic E-state index is 0.141. The Kier molecular flexibility index (Phi) is 5.64. The largest absolute Gasteiger partial charge is 0.373 e. The Morgan fingerprint density at radius 1 is 1.24 bits per heavy atom. The minimum Gasteiger partial charge on any atom is -0.373 e. The van der Waals surface area contributed by atoms with E-state index < -0.39 is 0 Å². The van der Waals surface area contributed by atoms with E-state index in [2.05, 4.69) is 20.8 Å². The highest BCUT2D eigenvalue weighted by Crippen LogP contribution is 2.30. The average Bonchev–Trinajstić information content (AvgIpc) is 2.28. The van der Waals surface area contributed by atoms with Gasteiger partial charge in [0.25, 0.3) is 0 Å². The Balaban J connectivity index is 2.45. The van der Waals surface area contributed by atoms with Crippen molar-refractivity contribution in [3.63, 3.8) is 0 Å². The lowest BCUT2D eigenvalue weighted by Gasteiger charge is -2.29. The summed E-state index contributed by atoms with van der Waals surface area (Å²) >= 11 is 0. The molecule has 1 rings (SSSR count). The number of ether oxygens (including phenoxy) is 1. The Bertz CT molecular complexity index is 234. The highest BCUT2D eigenvalue weighted by Gasteiger charge is 2.29. The molecule has 0 radical (unpaired) electrons. The van der Waals surface area contributed by atoms with Gasteiger partial charge in [0.15, 0.2) is 5.78 Å². The van der Waals surface area contributed by atoms with Crippen LogP contribution in [0.5, 0.6) is 0 Å². The van der Waals surface area contributed by atoms with Gasteiger partial charge in [-0.25, -0.2) is 0 Å². The van der Waals surface area contributed by atoms with Crippen LogP contribution in [0.3, 0.4) is 0 Å². The molecule has 0 aromatic heterocycles. The molecule has 1 aliphatic carbocycles. The maximum Gasteiger partial charge on any atom is 0.161 e. The maximum atomic E-state index is 12.2. The number of Topliss-reactive ketones (excluding diaryl/α,β-unsaturated/α-hetero) is 1. The van der Waals surface area contributed by atoms with Crippen LogP contribution in [0.1, 0.15) is 65.7 Å². The summed E-state index contributed by atoms with van der Waals surface area (Å²) in [5, 5.41) is 0. The first-order valence-electron chi connectivity index (χ1n) is 6.99. The molecule has 1 aliphatic rings. The number of carbonyl (C=O) groups excluding carboxylic acids is 1. The molecule has 1 unspecified atom stereocenters. The molecule has 0 bridgehead atoms. The number of rotatable bonds is 5. The van der Waals surface area contributed by atoms with E-state index in [0.29, 0.717) is 18.1 Å². The fraction of sp³-hybridized carbons (Fsp3) is 0.933. The van der Waals surface area contributed by atoms with Crippen LogP contribution < -0.4 is 0 Å². The number of carbonyl (C=O) groups is 1. The van der Waals surface area contributed by atoms with E-state index in [1.54, 1.807) is 7.11 Å². The lowest BCUT2D eigenvalue weighted by atomic mass is 9.81. The van der Waals surface area contributed by atoms with Gasteiger partial charge in [-0.3, -0.25) is 4.79 Å². The standard InChI is InChI=1S/C15H28O2/c1-15(2,3)11-10-13(16)14(17-4)12-8-6-5-7-9-12/h12,14H,5-11H2,1-4H3. The number of ketones is 1. The molecular weight excluding hydrogens is 212 g/mol. The lowest BCUT2D eigenvalue weighted by Crippen LogP contribution is -2.33. The fourth-order valence-electron chi connectivity index (χ4n) is 2.66. The van der Waals surface area contributed by atoms with E-state index in [1.807, 2.05) is 0 Å². The van der Waals surface area contributed by atoms with Crippen molar-refractivity contribution in [2.75, 3.05) is 7.11 Å². The molecule has 17 heavy (non-hydrogen) atoms. The third kappa shape index (κ3) is 5.20. The van der Waals surface area contributed by atoms with Crippen LogP contribution in [0.25, 0.3) is 0 Å². The van der Waals surface area contributed by atoms with Crippen LogP contribution in [0.4, 0.5) is 0 Å². The van der Waals surface area contributed by atoms with Gasteiger partial charge >= 0.3 is 0 Å². The van der Waals surface area contributed by atoms with Gasteiger partial charge in [0.05, 0.1) is 0 Å². The Morgan fingerprint density at radius 2 is 1.82 bits per heavy atom. The predicted octanol–water partition coefficient (Wildman–Crippen LogP) is 3.98. The van der Waals surface area contributed by atoms with Gasteiger partial charge in [-0.2, -0.15) is 0 Å². The SMILES string of the molecule is COC(C(=O)CCC(C)(C)C)C1CCCCC1. The van der Waals surface area contributed by atoms with E-state index in [9.17, 15) is 4.79 Å². The summed E-state index contributed by atoms with van der Waals surface area (Å²) in [6.07, 6.45) is 7.66. The zero-order chi connectivity index (χ0) is 12.9. The zero-order valence-electron chi connectivity index (χ0n) is 11.9. The second-order valence-electron chi connectivity index (χ2n) is 6.58. The maximum absolute atomic E-state index is 12.2. The van der Waals surface area contributed by atoms with Gasteiger partial charge < -0.3 is 4.74 Å². The molecule has 0 aliphatic heterocycles.